The van der Waals surface area contributed by atoms with E-state index in [0.29, 0.717) is 0 Å². The highest BCUT2D eigenvalue weighted by Crippen LogP contribution is 2.17. The average Bonchev–Trinajstić information content (AvgIpc) is 2.67. The summed E-state index contributed by atoms with van der Waals surface area (Å²) in [6.07, 6.45) is 11.1. The van der Waals surface area contributed by atoms with Gasteiger partial charge in [-0.2, -0.15) is 0 Å². The maximum Gasteiger partial charge on any atom is 0.322 e. The molecule has 0 aliphatic rings. The Bertz CT molecular complexity index is 370. The van der Waals surface area contributed by atoms with Gasteiger partial charge in [-0.3, -0.25) is 9.59 Å². The number of hydrogen-bond acceptors (Lipinski definition) is 3. The molecule has 0 aromatic rings. The van der Waals surface area contributed by atoms with Crippen LogP contribution in [-0.4, -0.2) is 54.3 Å². The average molecular weight is 403 g/mol. The summed E-state index contributed by atoms with van der Waals surface area (Å²) in [7, 11) is 0. The number of quaternary nitrogens is 1. The molecular formula is C23H48NO4+. The molecule has 0 heterocycles. The summed E-state index contributed by atoms with van der Waals surface area (Å²) in [6.45, 7) is 19.5. The van der Waals surface area contributed by atoms with Gasteiger partial charge in [0.2, 0.25) is 0 Å². The minimum Gasteiger partial charge on any atom is -0.480 e. The van der Waals surface area contributed by atoms with E-state index in [0.717, 1.165) is 0 Å². The lowest BCUT2D eigenvalue weighted by atomic mass is 9.94. The third-order valence-electron chi connectivity index (χ3n) is 5.26. The van der Waals surface area contributed by atoms with Crippen molar-refractivity contribution in [2.45, 2.75) is 99.8 Å². The fraction of sp³-hybridized carbons (Fsp3) is 0.913. The molecule has 28 heavy (non-hydrogen) atoms. The van der Waals surface area contributed by atoms with Crippen LogP contribution in [0.25, 0.3) is 0 Å². The number of carboxylic acids is 1. The first-order valence-corrected chi connectivity index (χ1v) is 11.4. The van der Waals surface area contributed by atoms with E-state index in [1.54, 1.807) is 6.92 Å². The van der Waals surface area contributed by atoms with Crippen LogP contribution in [-0.2, 0) is 14.3 Å². The second kappa shape index (κ2) is 16.8. The molecule has 0 amide bonds. The Morgan fingerprint density at radius 3 is 1.29 bits per heavy atom. The fourth-order valence-electron chi connectivity index (χ4n) is 3.04. The Labute approximate surface area is 174 Å². The molecule has 5 heteroatoms. The second-order valence-corrected chi connectivity index (χ2v) is 8.30. The predicted molar refractivity (Wildman–Crippen MR) is 117 cm³/mol. The molecule has 0 bridgehead atoms. The quantitative estimate of drug-likeness (QED) is 0.218. The number of carboxylic acid groups (broad SMARTS) is 1. The lowest BCUT2D eigenvalue weighted by molar-refractivity contribution is -0.929. The van der Waals surface area contributed by atoms with Gasteiger partial charge >= 0.3 is 11.9 Å². The first-order chi connectivity index (χ1) is 13.2. The summed E-state index contributed by atoms with van der Waals surface area (Å²) in [6, 6.07) is 0. The smallest absolute Gasteiger partial charge is 0.322 e. The van der Waals surface area contributed by atoms with Crippen molar-refractivity contribution in [1.82, 2.24) is 0 Å². The van der Waals surface area contributed by atoms with E-state index in [4.69, 9.17) is 5.11 Å². The zero-order valence-corrected chi connectivity index (χ0v) is 19.8. The number of hydrogen-bond donors (Lipinski definition) is 1. The predicted octanol–water partition coefficient (Wildman–Crippen LogP) is 5.66. The Balaban J connectivity index is 0. The summed E-state index contributed by atoms with van der Waals surface area (Å²) in [5.74, 6) is -1.87. The molecule has 0 rings (SSSR count). The molecule has 0 saturated heterocycles. The fourth-order valence-corrected chi connectivity index (χ4v) is 3.04. The van der Waals surface area contributed by atoms with Crippen LogP contribution in [0.3, 0.4) is 0 Å². The van der Waals surface area contributed by atoms with Gasteiger partial charge in [0, 0.05) is 0 Å². The van der Waals surface area contributed by atoms with E-state index in [9.17, 15) is 9.59 Å². The van der Waals surface area contributed by atoms with Crippen molar-refractivity contribution in [3.8, 4) is 0 Å². The maximum atomic E-state index is 10.9. The highest BCUT2D eigenvalue weighted by atomic mass is 16.5. The third kappa shape index (κ3) is 12.4. The number of aliphatic carboxylic acids is 1. The molecule has 0 aliphatic carbocycles. The number of carbonyl (C=O) groups excluding carboxylic acids is 1. The number of carbonyl (C=O) groups is 2. The van der Waals surface area contributed by atoms with Crippen LogP contribution in [0.15, 0.2) is 0 Å². The van der Waals surface area contributed by atoms with Gasteiger partial charge in [-0.1, -0.05) is 53.4 Å². The van der Waals surface area contributed by atoms with Gasteiger partial charge in [-0.05, 0) is 46.5 Å². The number of ether oxygens (including phenoxy) is 1. The first kappa shape index (κ1) is 29.1. The van der Waals surface area contributed by atoms with Gasteiger partial charge in [-0.25, -0.2) is 0 Å². The molecule has 0 aromatic heterocycles. The lowest BCUT2D eigenvalue weighted by Gasteiger charge is -2.39. The van der Waals surface area contributed by atoms with E-state index < -0.39 is 17.4 Å². The van der Waals surface area contributed by atoms with E-state index in [1.807, 2.05) is 0 Å². The Morgan fingerprint density at radius 1 is 0.750 bits per heavy atom. The highest BCUT2D eigenvalue weighted by molar-refractivity contribution is 5.98. The van der Waals surface area contributed by atoms with Gasteiger partial charge in [0.15, 0.2) is 5.41 Å². The van der Waals surface area contributed by atoms with Crippen LogP contribution in [0, 0.1) is 5.41 Å². The molecule has 1 N–H and O–H groups in total. The van der Waals surface area contributed by atoms with Crippen LogP contribution >= 0.6 is 0 Å². The van der Waals surface area contributed by atoms with Crippen molar-refractivity contribution in [1.29, 1.82) is 0 Å². The Hall–Kier alpha value is -1.10. The number of esters is 1. The minimum atomic E-state index is -1.43. The second-order valence-electron chi connectivity index (χ2n) is 8.30. The summed E-state index contributed by atoms with van der Waals surface area (Å²) < 4.78 is 5.97. The van der Waals surface area contributed by atoms with Crippen molar-refractivity contribution >= 4 is 11.9 Å². The lowest BCUT2D eigenvalue weighted by Crippen LogP contribution is -2.50. The topological polar surface area (TPSA) is 63.6 Å². The molecular weight excluding hydrogens is 354 g/mol. The number of nitrogens with zero attached hydrogens (tertiary/aromatic N) is 1. The monoisotopic (exact) mass is 402 g/mol. The SMILES string of the molecule is CCCC[N+](CCCC)(CCCC)CCCC.CCOC(=O)C(C)(C)C(=O)O. The molecule has 5 nitrogen and oxygen atoms in total. The number of rotatable bonds is 15. The molecule has 0 fully saturated rings. The molecule has 168 valence electrons. The zero-order valence-electron chi connectivity index (χ0n) is 19.8. The molecule has 0 saturated carbocycles. The molecule has 0 aromatic carbocycles. The normalized spacial score (nSPS) is 11.5. The van der Waals surface area contributed by atoms with Crippen LogP contribution in [0.4, 0.5) is 0 Å². The largest absolute Gasteiger partial charge is 0.480 e. The standard InChI is InChI=1S/C16H36N.C7H12O4/c1-5-9-13-17(14-10-6-2,15-11-7-3)16-12-8-4;1-4-11-6(10)7(2,3)5(8)9/h5-16H2,1-4H3;4H2,1-3H3,(H,8,9)/q+1;. The summed E-state index contributed by atoms with van der Waals surface area (Å²) in [4.78, 5) is 21.3. The van der Waals surface area contributed by atoms with Crippen molar-refractivity contribution in [2.75, 3.05) is 32.8 Å². The molecule has 0 atom stereocenters. The summed E-state index contributed by atoms with van der Waals surface area (Å²) in [5, 5.41) is 8.54. The molecule has 0 radical (unpaired) electrons. The Kier molecular flexibility index (Phi) is 17.5. The van der Waals surface area contributed by atoms with Crippen molar-refractivity contribution in [2.24, 2.45) is 5.41 Å². The van der Waals surface area contributed by atoms with Crippen molar-refractivity contribution < 1.29 is 23.9 Å². The van der Waals surface area contributed by atoms with Gasteiger partial charge in [-0.15, -0.1) is 0 Å². The van der Waals surface area contributed by atoms with E-state index in [1.165, 1.54) is 95.9 Å². The van der Waals surface area contributed by atoms with Gasteiger partial charge in [0.05, 0.1) is 32.8 Å². The van der Waals surface area contributed by atoms with Crippen molar-refractivity contribution in [3.05, 3.63) is 0 Å². The third-order valence-corrected chi connectivity index (χ3v) is 5.26. The van der Waals surface area contributed by atoms with Crippen LogP contribution in [0.2, 0.25) is 0 Å². The summed E-state index contributed by atoms with van der Waals surface area (Å²) >= 11 is 0. The van der Waals surface area contributed by atoms with E-state index in [-0.39, 0.29) is 6.61 Å². The maximum absolute atomic E-state index is 10.9. The van der Waals surface area contributed by atoms with Crippen molar-refractivity contribution in [3.63, 3.8) is 0 Å². The van der Waals surface area contributed by atoms with Gasteiger partial charge < -0.3 is 14.3 Å². The zero-order chi connectivity index (χ0) is 22.1. The van der Waals surface area contributed by atoms with Crippen LogP contribution in [0.5, 0.6) is 0 Å². The molecule has 0 spiro atoms. The van der Waals surface area contributed by atoms with Gasteiger partial charge in [0.1, 0.15) is 0 Å². The highest BCUT2D eigenvalue weighted by Gasteiger charge is 2.37. The van der Waals surface area contributed by atoms with E-state index in [2.05, 4.69) is 32.4 Å². The Morgan fingerprint density at radius 2 is 1.07 bits per heavy atom. The summed E-state index contributed by atoms with van der Waals surface area (Å²) in [5.41, 5.74) is -1.43. The van der Waals surface area contributed by atoms with E-state index >= 15 is 0 Å². The molecule has 0 unspecified atom stereocenters. The molecule has 0 aliphatic heterocycles. The first-order valence-electron chi connectivity index (χ1n) is 11.4. The van der Waals surface area contributed by atoms with Crippen LogP contribution in [0.1, 0.15) is 99.8 Å². The minimum absolute atomic E-state index is 0.204. The van der Waals surface area contributed by atoms with Crippen LogP contribution < -0.4 is 0 Å². The number of unbranched alkanes of at least 4 members (excludes halogenated alkanes) is 4. The van der Waals surface area contributed by atoms with Gasteiger partial charge in [0.25, 0.3) is 0 Å².